The molecule has 1 amide bonds. The number of amides is 1. The summed E-state index contributed by atoms with van der Waals surface area (Å²) in [6, 6.07) is 4.73. The number of likely N-dealkylation sites (N-methyl/N-ethyl adjacent to an activating group) is 1. The molecule has 1 atom stereocenters. The largest absolute Gasteiger partial charge is 0.337 e. The first-order chi connectivity index (χ1) is 9.11. The third kappa shape index (κ3) is 3.32. The van der Waals surface area contributed by atoms with Gasteiger partial charge in [0.1, 0.15) is 5.82 Å². The van der Waals surface area contributed by atoms with Gasteiger partial charge in [-0.15, -0.1) is 0 Å². The fourth-order valence-corrected chi connectivity index (χ4v) is 2.65. The zero-order valence-electron chi connectivity index (χ0n) is 11.6. The second-order valence-electron chi connectivity index (χ2n) is 5.11. The van der Waals surface area contributed by atoms with Crippen LogP contribution < -0.4 is 5.32 Å². The van der Waals surface area contributed by atoms with Crippen molar-refractivity contribution in [2.75, 3.05) is 19.6 Å². The third-order valence-electron chi connectivity index (χ3n) is 3.62. The quantitative estimate of drug-likeness (QED) is 0.909. The lowest BCUT2D eigenvalue weighted by molar-refractivity contribution is 0.0695. The highest BCUT2D eigenvalue weighted by molar-refractivity contribution is 5.95. The van der Waals surface area contributed by atoms with E-state index < -0.39 is 0 Å². The maximum atomic E-state index is 13.1. The van der Waals surface area contributed by atoms with E-state index in [1.165, 1.54) is 12.1 Å². The lowest BCUT2D eigenvalue weighted by atomic mass is 10.0. The fraction of sp³-hybridized carbons (Fsp3) is 0.533. The minimum absolute atomic E-state index is 0.0140. The number of benzene rings is 1. The van der Waals surface area contributed by atoms with Gasteiger partial charge in [0.2, 0.25) is 0 Å². The van der Waals surface area contributed by atoms with Crippen LogP contribution in [0.5, 0.6) is 0 Å². The van der Waals surface area contributed by atoms with Crippen molar-refractivity contribution in [3.63, 3.8) is 0 Å². The van der Waals surface area contributed by atoms with E-state index in [1.807, 2.05) is 4.90 Å². The van der Waals surface area contributed by atoms with Crippen LogP contribution in [0.25, 0.3) is 0 Å². The molecule has 1 aromatic rings. The topological polar surface area (TPSA) is 32.3 Å². The predicted octanol–water partition coefficient (Wildman–Crippen LogP) is 2.35. The first-order valence-electron chi connectivity index (χ1n) is 6.90. The molecule has 0 saturated carbocycles. The molecule has 3 nitrogen and oxygen atoms in total. The summed E-state index contributed by atoms with van der Waals surface area (Å²) in [4.78, 5) is 14.3. The summed E-state index contributed by atoms with van der Waals surface area (Å²) in [5, 5.41) is 3.39. The summed E-state index contributed by atoms with van der Waals surface area (Å²) in [7, 11) is 0. The second kappa shape index (κ2) is 6.15. The van der Waals surface area contributed by atoms with Gasteiger partial charge < -0.3 is 10.2 Å². The van der Waals surface area contributed by atoms with Gasteiger partial charge in [0.05, 0.1) is 0 Å². The molecule has 0 radical (unpaired) electrons. The average molecular weight is 264 g/mol. The summed E-state index contributed by atoms with van der Waals surface area (Å²) < 4.78 is 13.1. The molecule has 1 unspecified atom stereocenters. The monoisotopic (exact) mass is 264 g/mol. The van der Waals surface area contributed by atoms with Crippen LogP contribution in [-0.2, 0) is 0 Å². The summed E-state index contributed by atoms with van der Waals surface area (Å²) >= 11 is 0. The van der Waals surface area contributed by atoms with E-state index in [4.69, 9.17) is 0 Å². The minimum atomic E-state index is -0.293. The number of hydrogen-bond donors (Lipinski definition) is 1. The van der Waals surface area contributed by atoms with E-state index >= 15 is 0 Å². The van der Waals surface area contributed by atoms with Gasteiger partial charge in [-0.2, -0.15) is 0 Å². The van der Waals surface area contributed by atoms with Crippen molar-refractivity contribution in [1.82, 2.24) is 10.2 Å². The molecule has 1 aliphatic heterocycles. The van der Waals surface area contributed by atoms with Crippen molar-refractivity contribution in [1.29, 1.82) is 0 Å². The van der Waals surface area contributed by atoms with E-state index in [0.717, 1.165) is 32.5 Å². The van der Waals surface area contributed by atoms with Crippen molar-refractivity contribution in [2.45, 2.75) is 32.7 Å². The molecular formula is C15H21FN2O. The Morgan fingerprint density at radius 2 is 2.32 bits per heavy atom. The molecule has 1 N–H and O–H groups in total. The van der Waals surface area contributed by atoms with Crippen molar-refractivity contribution in [3.05, 3.63) is 35.1 Å². The molecule has 4 heteroatoms. The Hall–Kier alpha value is -1.42. The van der Waals surface area contributed by atoms with Gasteiger partial charge in [-0.1, -0.05) is 6.92 Å². The number of aryl methyl sites for hydroxylation is 1. The Morgan fingerprint density at radius 1 is 1.53 bits per heavy atom. The summed E-state index contributed by atoms with van der Waals surface area (Å²) in [5.74, 6) is -0.279. The molecule has 19 heavy (non-hydrogen) atoms. The molecule has 1 saturated heterocycles. The second-order valence-corrected chi connectivity index (χ2v) is 5.11. The minimum Gasteiger partial charge on any atom is -0.337 e. The predicted molar refractivity (Wildman–Crippen MR) is 73.7 cm³/mol. The number of piperidine rings is 1. The molecule has 1 aromatic carbocycles. The molecule has 0 aliphatic carbocycles. The van der Waals surface area contributed by atoms with E-state index in [9.17, 15) is 9.18 Å². The van der Waals surface area contributed by atoms with Crippen molar-refractivity contribution in [3.8, 4) is 0 Å². The lowest BCUT2D eigenvalue weighted by Gasteiger charge is -2.33. The molecular weight excluding hydrogens is 243 g/mol. The van der Waals surface area contributed by atoms with Gasteiger partial charge >= 0.3 is 0 Å². The number of nitrogens with one attached hydrogen (secondary N) is 1. The third-order valence-corrected chi connectivity index (χ3v) is 3.62. The van der Waals surface area contributed by atoms with E-state index in [0.29, 0.717) is 17.2 Å². The standard InChI is InChI=1S/C15H21FN2O/c1-3-17-13-5-4-8-18(10-13)15(19)14-7-6-12(16)9-11(14)2/h6-7,9,13,17H,3-5,8,10H2,1-2H3. The number of nitrogens with zero attached hydrogens (tertiary/aromatic N) is 1. The highest BCUT2D eigenvalue weighted by Gasteiger charge is 2.24. The molecule has 1 heterocycles. The highest BCUT2D eigenvalue weighted by Crippen LogP contribution is 2.17. The first kappa shape index (κ1) is 14.0. The number of likely N-dealkylation sites (tertiary alicyclic amines) is 1. The van der Waals surface area contributed by atoms with Crippen molar-refractivity contribution < 1.29 is 9.18 Å². The molecule has 1 aliphatic rings. The Kier molecular flexibility index (Phi) is 4.53. The van der Waals surface area contributed by atoms with E-state index in [2.05, 4.69) is 12.2 Å². The van der Waals surface area contributed by atoms with Crippen LogP contribution in [0.4, 0.5) is 4.39 Å². The Balaban J connectivity index is 2.10. The van der Waals surface area contributed by atoms with Gasteiger partial charge in [0.25, 0.3) is 5.91 Å². The first-order valence-corrected chi connectivity index (χ1v) is 6.90. The highest BCUT2D eigenvalue weighted by atomic mass is 19.1. The summed E-state index contributed by atoms with van der Waals surface area (Å²) in [5.41, 5.74) is 1.31. The Labute approximate surface area is 113 Å². The van der Waals surface area contributed by atoms with Gasteiger partial charge in [-0.3, -0.25) is 4.79 Å². The van der Waals surface area contributed by atoms with Crippen LogP contribution in [-0.4, -0.2) is 36.5 Å². The summed E-state index contributed by atoms with van der Waals surface area (Å²) in [6.07, 6.45) is 2.13. The number of carbonyl (C=O) groups is 1. The molecule has 1 fully saturated rings. The number of carbonyl (C=O) groups excluding carboxylic acids is 1. The van der Waals surface area contributed by atoms with Crippen LogP contribution in [0.2, 0.25) is 0 Å². The SMILES string of the molecule is CCNC1CCCN(C(=O)c2ccc(F)cc2C)C1. The number of rotatable bonds is 3. The van der Waals surface area contributed by atoms with Gasteiger partial charge in [0, 0.05) is 24.7 Å². The molecule has 0 bridgehead atoms. The van der Waals surface area contributed by atoms with Crippen LogP contribution in [0.15, 0.2) is 18.2 Å². The van der Waals surface area contributed by atoms with E-state index in [1.54, 1.807) is 13.0 Å². The van der Waals surface area contributed by atoms with Crippen LogP contribution in [0.3, 0.4) is 0 Å². The van der Waals surface area contributed by atoms with Crippen LogP contribution in [0, 0.1) is 12.7 Å². The lowest BCUT2D eigenvalue weighted by Crippen LogP contribution is -2.48. The van der Waals surface area contributed by atoms with E-state index in [-0.39, 0.29) is 11.7 Å². The van der Waals surface area contributed by atoms with Gasteiger partial charge in [-0.25, -0.2) is 4.39 Å². The van der Waals surface area contributed by atoms with Gasteiger partial charge in [0.15, 0.2) is 0 Å². The van der Waals surface area contributed by atoms with Crippen molar-refractivity contribution in [2.24, 2.45) is 0 Å². The zero-order valence-corrected chi connectivity index (χ0v) is 11.6. The van der Waals surface area contributed by atoms with Crippen LogP contribution >= 0.6 is 0 Å². The number of hydrogen-bond acceptors (Lipinski definition) is 2. The average Bonchev–Trinajstić information content (AvgIpc) is 2.39. The smallest absolute Gasteiger partial charge is 0.254 e. The Bertz CT molecular complexity index is 459. The Morgan fingerprint density at radius 3 is 3.00 bits per heavy atom. The van der Waals surface area contributed by atoms with Crippen molar-refractivity contribution >= 4 is 5.91 Å². The molecule has 2 rings (SSSR count). The molecule has 0 spiro atoms. The molecule has 104 valence electrons. The maximum Gasteiger partial charge on any atom is 0.254 e. The van der Waals surface area contributed by atoms with Gasteiger partial charge in [-0.05, 0) is 50.1 Å². The number of halogens is 1. The van der Waals surface area contributed by atoms with Crippen LogP contribution in [0.1, 0.15) is 35.7 Å². The maximum absolute atomic E-state index is 13.1. The zero-order chi connectivity index (χ0) is 13.8. The molecule has 0 aromatic heterocycles. The fourth-order valence-electron chi connectivity index (χ4n) is 2.65. The normalized spacial score (nSPS) is 19.5. The summed E-state index contributed by atoms with van der Waals surface area (Å²) in [6.45, 7) is 6.30.